The van der Waals surface area contributed by atoms with Gasteiger partial charge in [-0.05, 0) is 100 Å². The molecule has 2 heteroatoms. The zero-order valence-corrected chi connectivity index (χ0v) is 29.7. The smallest absolute Gasteiger partial charge is 0.136 e. The first kappa shape index (κ1) is 31.6. The van der Waals surface area contributed by atoms with Crippen molar-refractivity contribution in [3.8, 4) is 22.3 Å². The van der Waals surface area contributed by atoms with Crippen LogP contribution in [0.25, 0.3) is 61.4 Å². The van der Waals surface area contributed by atoms with E-state index in [0.29, 0.717) is 0 Å². The second-order valence-corrected chi connectivity index (χ2v) is 13.8. The SMILES string of the molecule is C1=C=C(c2ccccc2N(C2=CC=C(c3ccccc3)CC2)c2ccc(-c3ccc(-c4ccccc4)cc3)cc2)c2c(ccc3oc4ccccc4c23)C=1. The second-order valence-electron chi connectivity index (χ2n) is 13.8. The molecule has 254 valence electrons. The lowest BCUT2D eigenvalue weighted by Crippen LogP contribution is -2.19. The number of allylic oxidation sites excluding steroid dienone is 4. The lowest BCUT2D eigenvalue weighted by molar-refractivity contribution is 0.669. The normalized spacial score (nSPS) is 13.4. The van der Waals surface area contributed by atoms with Crippen molar-refractivity contribution in [1.82, 2.24) is 0 Å². The molecular weight excluding hydrogens is 655 g/mol. The van der Waals surface area contributed by atoms with E-state index in [-0.39, 0.29) is 0 Å². The molecule has 0 atom stereocenters. The van der Waals surface area contributed by atoms with E-state index in [0.717, 1.165) is 68.4 Å². The number of hydrogen-bond donors (Lipinski definition) is 0. The number of nitrogens with zero attached hydrogens (tertiary/aromatic N) is 1. The van der Waals surface area contributed by atoms with Gasteiger partial charge in [-0.2, -0.15) is 0 Å². The maximum absolute atomic E-state index is 6.37. The van der Waals surface area contributed by atoms with Gasteiger partial charge >= 0.3 is 0 Å². The highest BCUT2D eigenvalue weighted by Crippen LogP contribution is 2.45. The Morgan fingerprint density at radius 1 is 0.500 bits per heavy atom. The van der Waals surface area contributed by atoms with Crippen LogP contribution in [0.1, 0.15) is 35.1 Å². The zero-order chi connectivity index (χ0) is 35.8. The minimum absolute atomic E-state index is 0.875. The Labute approximate surface area is 315 Å². The predicted octanol–water partition coefficient (Wildman–Crippen LogP) is 14.0. The van der Waals surface area contributed by atoms with Crippen LogP contribution < -0.4 is 4.90 Å². The second kappa shape index (κ2) is 13.5. The van der Waals surface area contributed by atoms with Crippen LogP contribution in [0, 0.1) is 0 Å². The Morgan fingerprint density at radius 3 is 1.85 bits per heavy atom. The molecule has 0 fully saturated rings. The van der Waals surface area contributed by atoms with Crippen LogP contribution in [-0.2, 0) is 0 Å². The summed E-state index contributed by atoms with van der Waals surface area (Å²) in [4.78, 5) is 2.44. The molecule has 8 aromatic rings. The quantitative estimate of drug-likeness (QED) is 0.155. The van der Waals surface area contributed by atoms with Crippen molar-refractivity contribution in [3.05, 3.63) is 221 Å². The number of fused-ring (bicyclic) bond motifs is 5. The van der Waals surface area contributed by atoms with Crippen LogP contribution >= 0.6 is 0 Å². The molecule has 0 aliphatic heterocycles. The van der Waals surface area contributed by atoms with E-state index in [2.05, 4.69) is 186 Å². The Kier molecular flexibility index (Phi) is 7.90. The number of furan rings is 1. The average Bonchev–Trinajstić information content (AvgIpc) is 3.64. The van der Waals surface area contributed by atoms with Gasteiger partial charge in [0.2, 0.25) is 0 Å². The molecule has 0 saturated heterocycles. The van der Waals surface area contributed by atoms with E-state index in [4.69, 9.17) is 4.42 Å². The van der Waals surface area contributed by atoms with Crippen LogP contribution in [0.4, 0.5) is 11.4 Å². The van der Waals surface area contributed by atoms with E-state index in [1.165, 1.54) is 39.1 Å². The third kappa shape index (κ3) is 5.64. The molecule has 54 heavy (non-hydrogen) atoms. The molecule has 2 aliphatic rings. The number of benzene rings is 7. The van der Waals surface area contributed by atoms with Crippen LogP contribution in [0.15, 0.2) is 204 Å². The van der Waals surface area contributed by atoms with Crippen LogP contribution in [0.2, 0.25) is 0 Å². The number of hydrogen-bond acceptors (Lipinski definition) is 2. The summed E-state index contributed by atoms with van der Waals surface area (Å²) in [5.41, 5.74) is 23.9. The summed E-state index contributed by atoms with van der Waals surface area (Å²) < 4.78 is 6.37. The number of para-hydroxylation sites is 2. The summed E-state index contributed by atoms with van der Waals surface area (Å²) in [6, 6.07) is 60.4. The number of rotatable bonds is 7. The van der Waals surface area contributed by atoms with Crippen molar-refractivity contribution in [2.75, 3.05) is 4.90 Å². The Morgan fingerprint density at radius 2 is 1.13 bits per heavy atom. The third-order valence-corrected chi connectivity index (χ3v) is 10.7. The van der Waals surface area contributed by atoms with Gasteiger partial charge in [-0.15, -0.1) is 0 Å². The van der Waals surface area contributed by atoms with Crippen molar-refractivity contribution < 1.29 is 4.42 Å². The molecular formula is C52H35NO. The maximum atomic E-state index is 6.37. The van der Waals surface area contributed by atoms with Crippen molar-refractivity contribution in [2.45, 2.75) is 12.8 Å². The monoisotopic (exact) mass is 689 g/mol. The van der Waals surface area contributed by atoms with Crippen molar-refractivity contribution in [3.63, 3.8) is 0 Å². The van der Waals surface area contributed by atoms with E-state index < -0.39 is 0 Å². The molecule has 1 heterocycles. The summed E-state index contributed by atoms with van der Waals surface area (Å²) in [5, 5.41) is 2.22. The third-order valence-electron chi connectivity index (χ3n) is 10.7. The Hall–Kier alpha value is -7.08. The summed E-state index contributed by atoms with van der Waals surface area (Å²) in [7, 11) is 0. The van der Waals surface area contributed by atoms with Gasteiger partial charge in [0.15, 0.2) is 0 Å². The fraction of sp³-hybridized carbons (Fsp3) is 0.0385. The topological polar surface area (TPSA) is 16.4 Å². The highest BCUT2D eigenvalue weighted by atomic mass is 16.3. The van der Waals surface area contributed by atoms with Gasteiger partial charge in [-0.25, -0.2) is 0 Å². The van der Waals surface area contributed by atoms with Crippen molar-refractivity contribution in [2.24, 2.45) is 0 Å². The van der Waals surface area contributed by atoms with Gasteiger partial charge in [-0.3, -0.25) is 0 Å². The van der Waals surface area contributed by atoms with Gasteiger partial charge in [0.1, 0.15) is 11.2 Å². The van der Waals surface area contributed by atoms with E-state index in [9.17, 15) is 0 Å². The van der Waals surface area contributed by atoms with Gasteiger partial charge in [0, 0.05) is 38.9 Å². The molecule has 0 N–H and O–H groups in total. The summed E-state index contributed by atoms with van der Waals surface area (Å²) >= 11 is 0. The Balaban J connectivity index is 1.10. The first-order valence-corrected chi connectivity index (χ1v) is 18.6. The molecule has 1 aromatic heterocycles. The molecule has 7 aromatic carbocycles. The lowest BCUT2D eigenvalue weighted by atomic mass is 9.87. The standard InChI is InChI=1S/C52H35NO/c1-3-12-36(13-4-1)38-22-24-39(25-23-38)41-28-33-44(34-29-41)53(43-31-26-40(27-32-43)37-14-5-2-6-15-37)48-20-9-7-17-45(48)46-19-11-16-42-30-35-50-52(51(42)46)47-18-8-10-21-49(47)54-50/h1-10,12-18,20-26,28-31,33-35H,27,32H2. The van der Waals surface area contributed by atoms with E-state index in [1.807, 2.05) is 18.2 Å². The van der Waals surface area contributed by atoms with Crippen molar-refractivity contribution in [1.29, 1.82) is 0 Å². The first-order chi connectivity index (χ1) is 26.8. The first-order valence-electron chi connectivity index (χ1n) is 18.6. The molecule has 2 aliphatic carbocycles. The lowest BCUT2D eigenvalue weighted by Gasteiger charge is -2.32. The molecule has 0 saturated carbocycles. The molecule has 0 unspecified atom stereocenters. The fourth-order valence-corrected chi connectivity index (χ4v) is 8.01. The van der Waals surface area contributed by atoms with Crippen LogP contribution in [0.3, 0.4) is 0 Å². The van der Waals surface area contributed by atoms with Crippen molar-refractivity contribution >= 4 is 50.5 Å². The summed E-state index contributed by atoms with van der Waals surface area (Å²) in [5.74, 6) is 0. The van der Waals surface area contributed by atoms with Gasteiger partial charge in [0.25, 0.3) is 0 Å². The Bertz CT molecular complexity index is 2860. The van der Waals surface area contributed by atoms with Gasteiger partial charge < -0.3 is 9.32 Å². The maximum Gasteiger partial charge on any atom is 0.136 e. The van der Waals surface area contributed by atoms with E-state index in [1.54, 1.807) is 0 Å². The predicted molar refractivity (Wildman–Crippen MR) is 225 cm³/mol. The minimum Gasteiger partial charge on any atom is -0.456 e. The summed E-state index contributed by atoms with van der Waals surface area (Å²) in [6.45, 7) is 0. The number of anilines is 2. The van der Waals surface area contributed by atoms with Crippen LogP contribution in [0.5, 0.6) is 0 Å². The molecule has 0 bridgehead atoms. The van der Waals surface area contributed by atoms with Gasteiger partial charge in [0.05, 0.1) is 5.69 Å². The zero-order valence-electron chi connectivity index (χ0n) is 29.7. The van der Waals surface area contributed by atoms with E-state index >= 15 is 0 Å². The van der Waals surface area contributed by atoms with Gasteiger partial charge in [-0.1, -0.05) is 151 Å². The molecule has 0 amide bonds. The molecule has 0 radical (unpaired) electrons. The molecule has 0 spiro atoms. The fourth-order valence-electron chi connectivity index (χ4n) is 8.01. The highest BCUT2D eigenvalue weighted by molar-refractivity contribution is 6.14. The summed E-state index contributed by atoms with van der Waals surface area (Å²) in [6.07, 6.45) is 8.49. The van der Waals surface area contributed by atoms with Crippen LogP contribution in [-0.4, -0.2) is 0 Å². The molecule has 2 nitrogen and oxygen atoms in total. The molecule has 10 rings (SSSR count). The largest absolute Gasteiger partial charge is 0.456 e. The minimum atomic E-state index is 0.875. The average molecular weight is 690 g/mol. The highest BCUT2D eigenvalue weighted by Gasteiger charge is 2.25.